The lowest BCUT2D eigenvalue weighted by Gasteiger charge is -2.17. The number of halogens is 1. The van der Waals surface area contributed by atoms with Gasteiger partial charge in [0.25, 0.3) is 11.8 Å². The number of carbonyl (C=O) groups excluding carboxylic acids is 1. The van der Waals surface area contributed by atoms with Crippen molar-refractivity contribution in [1.29, 1.82) is 0 Å². The number of rotatable bonds is 5. The van der Waals surface area contributed by atoms with Crippen LogP contribution in [-0.4, -0.2) is 39.0 Å². The molecule has 0 N–H and O–H groups in total. The number of amides is 1. The van der Waals surface area contributed by atoms with E-state index in [9.17, 15) is 9.18 Å². The normalized spacial score (nSPS) is 16.5. The molecule has 0 spiro atoms. The summed E-state index contributed by atoms with van der Waals surface area (Å²) in [6, 6.07) is 9.60. The van der Waals surface area contributed by atoms with Crippen molar-refractivity contribution in [1.82, 2.24) is 20.0 Å². The Kier molecular flexibility index (Phi) is 5.14. The Labute approximate surface area is 162 Å². The van der Waals surface area contributed by atoms with E-state index in [0.29, 0.717) is 35.2 Å². The number of hydrogen-bond donors (Lipinski definition) is 0. The van der Waals surface area contributed by atoms with Crippen molar-refractivity contribution in [3.8, 4) is 11.5 Å². The van der Waals surface area contributed by atoms with Gasteiger partial charge >= 0.3 is 0 Å². The molecule has 28 heavy (non-hydrogen) atoms. The van der Waals surface area contributed by atoms with E-state index in [2.05, 4.69) is 15.1 Å². The summed E-state index contributed by atoms with van der Waals surface area (Å²) >= 11 is 0. The van der Waals surface area contributed by atoms with Gasteiger partial charge < -0.3 is 9.42 Å². The van der Waals surface area contributed by atoms with Gasteiger partial charge in [0.05, 0.1) is 5.56 Å². The third kappa shape index (κ3) is 3.93. The maximum atomic E-state index is 13.0. The third-order valence-electron chi connectivity index (χ3n) is 5.15. The Balaban J connectivity index is 1.32. The average Bonchev–Trinajstić information content (AvgIpc) is 3.36. The van der Waals surface area contributed by atoms with E-state index in [1.165, 1.54) is 12.1 Å². The van der Waals surface area contributed by atoms with Crippen molar-refractivity contribution in [2.24, 2.45) is 5.92 Å². The van der Waals surface area contributed by atoms with Crippen LogP contribution in [0.3, 0.4) is 0 Å². The van der Waals surface area contributed by atoms with Crippen LogP contribution in [0, 0.1) is 18.7 Å². The number of benzene rings is 1. The molecule has 0 bridgehead atoms. The van der Waals surface area contributed by atoms with E-state index in [-0.39, 0.29) is 11.7 Å². The maximum absolute atomic E-state index is 13.0. The molecular formula is C21H21FN4O2. The fourth-order valence-electron chi connectivity index (χ4n) is 3.53. The van der Waals surface area contributed by atoms with Crippen molar-refractivity contribution in [3.63, 3.8) is 0 Å². The van der Waals surface area contributed by atoms with Gasteiger partial charge in [-0.15, -0.1) is 0 Å². The molecule has 2 aromatic heterocycles. The van der Waals surface area contributed by atoms with Gasteiger partial charge in [-0.1, -0.05) is 5.16 Å². The van der Waals surface area contributed by atoms with Crippen molar-refractivity contribution >= 4 is 5.91 Å². The summed E-state index contributed by atoms with van der Waals surface area (Å²) in [4.78, 5) is 23.2. The van der Waals surface area contributed by atoms with Gasteiger partial charge in [-0.25, -0.2) is 4.39 Å². The summed E-state index contributed by atoms with van der Waals surface area (Å²) in [5.41, 5.74) is 2.13. The van der Waals surface area contributed by atoms with E-state index in [1.54, 1.807) is 24.4 Å². The van der Waals surface area contributed by atoms with Gasteiger partial charge in [0.1, 0.15) is 5.82 Å². The van der Waals surface area contributed by atoms with Crippen LogP contribution in [0.2, 0.25) is 0 Å². The highest BCUT2D eigenvalue weighted by molar-refractivity contribution is 5.95. The number of carbonyl (C=O) groups is 1. The molecule has 1 amide bonds. The van der Waals surface area contributed by atoms with Gasteiger partial charge in [-0.2, -0.15) is 4.98 Å². The molecule has 1 atom stereocenters. The highest BCUT2D eigenvalue weighted by Crippen LogP contribution is 2.24. The minimum atomic E-state index is -0.301. The first kappa shape index (κ1) is 18.3. The van der Waals surface area contributed by atoms with Crippen molar-refractivity contribution in [3.05, 3.63) is 65.5 Å². The second kappa shape index (κ2) is 7.88. The standard InChI is InChI=1S/C21H21FN4O2/c1-14-18(3-2-11-23-14)21(27)26-12-10-15(13-26)4-9-19-24-20(28-25-19)16-5-7-17(22)8-6-16/h2-3,5-8,11,15H,4,9-10,12-13H2,1H3. The van der Waals surface area contributed by atoms with Crippen LogP contribution in [-0.2, 0) is 6.42 Å². The lowest BCUT2D eigenvalue weighted by molar-refractivity contribution is 0.0785. The zero-order valence-corrected chi connectivity index (χ0v) is 15.6. The fraction of sp³-hybridized carbons (Fsp3) is 0.333. The van der Waals surface area contributed by atoms with Crippen LogP contribution in [0.25, 0.3) is 11.5 Å². The van der Waals surface area contributed by atoms with Crippen LogP contribution in [0.5, 0.6) is 0 Å². The predicted molar refractivity (Wildman–Crippen MR) is 101 cm³/mol. The molecule has 0 aliphatic carbocycles. The van der Waals surface area contributed by atoms with E-state index in [4.69, 9.17) is 4.52 Å². The zero-order chi connectivity index (χ0) is 19.5. The number of hydrogen-bond acceptors (Lipinski definition) is 5. The Morgan fingerprint density at radius 3 is 2.89 bits per heavy atom. The molecule has 1 aliphatic rings. The smallest absolute Gasteiger partial charge is 0.257 e. The Morgan fingerprint density at radius 1 is 1.29 bits per heavy atom. The predicted octanol–water partition coefficient (Wildman–Crippen LogP) is 3.67. The number of aromatic nitrogens is 3. The molecule has 1 unspecified atom stereocenters. The molecule has 1 saturated heterocycles. The highest BCUT2D eigenvalue weighted by atomic mass is 19.1. The summed E-state index contributed by atoms with van der Waals surface area (Å²) < 4.78 is 18.3. The van der Waals surface area contributed by atoms with E-state index >= 15 is 0 Å². The molecule has 7 heteroatoms. The number of likely N-dealkylation sites (tertiary alicyclic amines) is 1. The van der Waals surface area contributed by atoms with Gasteiger partial charge in [0.15, 0.2) is 5.82 Å². The van der Waals surface area contributed by atoms with Crippen LogP contribution < -0.4 is 0 Å². The zero-order valence-electron chi connectivity index (χ0n) is 15.6. The molecular weight excluding hydrogens is 359 g/mol. The second-order valence-electron chi connectivity index (χ2n) is 7.10. The molecule has 6 nitrogen and oxygen atoms in total. The van der Waals surface area contributed by atoms with Crippen LogP contribution in [0.1, 0.15) is 34.7 Å². The van der Waals surface area contributed by atoms with Crippen molar-refractivity contribution in [2.75, 3.05) is 13.1 Å². The molecule has 3 aromatic rings. The first-order valence-corrected chi connectivity index (χ1v) is 9.39. The molecule has 1 aromatic carbocycles. The molecule has 1 fully saturated rings. The van der Waals surface area contributed by atoms with Gasteiger partial charge in [-0.05, 0) is 62.1 Å². The number of nitrogens with zero attached hydrogens (tertiary/aromatic N) is 4. The van der Waals surface area contributed by atoms with Gasteiger partial charge in [0, 0.05) is 37.0 Å². The summed E-state index contributed by atoms with van der Waals surface area (Å²) in [5, 5.41) is 4.02. The SMILES string of the molecule is Cc1ncccc1C(=O)N1CCC(CCc2noc(-c3ccc(F)cc3)n2)C1. The maximum Gasteiger partial charge on any atom is 0.257 e. The van der Waals surface area contributed by atoms with Crippen molar-refractivity contribution in [2.45, 2.75) is 26.2 Å². The monoisotopic (exact) mass is 380 g/mol. The fourth-order valence-corrected chi connectivity index (χ4v) is 3.53. The quantitative estimate of drug-likeness (QED) is 0.675. The lowest BCUT2D eigenvalue weighted by Crippen LogP contribution is -2.29. The lowest BCUT2D eigenvalue weighted by atomic mass is 10.0. The Hall–Kier alpha value is -3.09. The molecule has 0 saturated carbocycles. The van der Waals surface area contributed by atoms with Crippen LogP contribution in [0.15, 0.2) is 47.1 Å². The highest BCUT2D eigenvalue weighted by Gasteiger charge is 2.28. The minimum Gasteiger partial charge on any atom is -0.338 e. The van der Waals surface area contributed by atoms with Crippen molar-refractivity contribution < 1.29 is 13.7 Å². The Bertz CT molecular complexity index is 971. The summed E-state index contributed by atoms with van der Waals surface area (Å²) in [6.07, 6.45) is 4.24. The third-order valence-corrected chi connectivity index (χ3v) is 5.15. The minimum absolute atomic E-state index is 0.0475. The first-order chi connectivity index (χ1) is 13.6. The number of pyridine rings is 1. The Morgan fingerprint density at radius 2 is 2.11 bits per heavy atom. The van der Waals surface area contributed by atoms with Crippen LogP contribution >= 0.6 is 0 Å². The largest absolute Gasteiger partial charge is 0.338 e. The van der Waals surface area contributed by atoms with E-state index in [0.717, 1.165) is 31.6 Å². The second-order valence-corrected chi connectivity index (χ2v) is 7.10. The number of aryl methyl sites for hydroxylation is 2. The molecule has 0 radical (unpaired) electrons. The van der Waals surface area contributed by atoms with Gasteiger partial charge in [0.2, 0.25) is 0 Å². The summed E-state index contributed by atoms with van der Waals surface area (Å²) in [5.74, 6) is 1.18. The summed E-state index contributed by atoms with van der Waals surface area (Å²) in [7, 11) is 0. The van der Waals surface area contributed by atoms with Gasteiger partial charge in [-0.3, -0.25) is 9.78 Å². The van der Waals surface area contributed by atoms with E-state index in [1.807, 2.05) is 17.9 Å². The summed E-state index contributed by atoms with van der Waals surface area (Å²) in [6.45, 7) is 3.34. The molecule has 1 aliphatic heterocycles. The molecule has 144 valence electrons. The first-order valence-electron chi connectivity index (χ1n) is 9.39. The molecule has 4 rings (SSSR count). The average molecular weight is 380 g/mol. The topological polar surface area (TPSA) is 72.1 Å². The van der Waals surface area contributed by atoms with Crippen LogP contribution in [0.4, 0.5) is 4.39 Å². The molecule has 3 heterocycles. The van der Waals surface area contributed by atoms with E-state index < -0.39 is 0 Å².